The SMILES string of the molecule is CCOC(=O)c1ccc(-n2c(-c3ccco3)nc3c(cnn3-c3ccc(C)cc3)c2=O)cc1. The summed E-state index contributed by atoms with van der Waals surface area (Å²) in [4.78, 5) is 30.4. The van der Waals surface area contributed by atoms with Gasteiger partial charge in [-0.25, -0.2) is 14.5 Å². The molecule has 0 aliphatic rings. The molecular formula is C25H20N4O4. The van der Waals surface area contributed by atoms with Crippen LogP contribution in [0.15, 0.2) is 82.3 Å². The second kappa shape index (κ2) is 8.23. The molecule has 0 saturated heterocycles. The van der Waals surface area contributed by atoms with Crippen LogP contribution in [0.5, 0.6) is 0 Å². The fraction of sp³-hybridized carbons (Fsp3) is 0.120. The predicted molar refractivity (Wildman–Crippen MR) is 123 cm³/mol. The Labute approximate surface area is 188 Å². The number of hydrogen-bond acceptors (Lipinski definition) is 6. The smallest absolute Gasteiger partial charge is 0.338 e. The van der Waals surface area contributed by atoms with Gasteiger partial charge in [0.2, 0.25) is 0 Å². The average molecular weight is 440 g/mol. The maximum atomic E-state index is 13.6. The van der Waals surface area contributed by atoms with Gasteiger partial charge in [0.25, 0.3) is 5.56 Å². The lowest BCUT2D eigenvalue weighted by atomic mass is 10.2. The summed E-state index contributed by atoms with van der Waals surface area (Å²) in [6.45, 7) is 4.04. The van der Waals surface area contributed by atoms with Crippen molar-refractivity contribution in [3.8, 4) is 23.0 Å². The predicted octanol–water partition coefficient (Wildman–Crippen LogP) is 4.32. The highest BCUT2D eigenvalue weighted by molar-refractivity contribution is 5.89. The zero-order valence-electron chi connectivity index (χ0n) is 18.1. The fourth-order valence-electron chi connectivity index (χ4n) is 3.61. The van der Waals surface area contributed by atoms with Gasteiger partial charge < -0.3 is 9.15 Å². The third-order valence-electron chi connectivity index (χ3n) is 5.26. The van der Waals surface area contributed by atoms with Gasteiger partial charge in [0.05, 0.1) is 36.0 Å². The molecule has 5 aromatic rings. The molecule has 0 saturated carbocycles. The molecule has 0 aliphatic carbocycles. The minimum absolute atomic E-state index is 0.286. The first kappa shape index (κ1) is 20.4. The van der Waals surface area contributed by atoms with E-state index in [0.29, 0.717) is 33.9 Å². The van der Waals surface area contributed by atoms with Crippen molar-refractivity contribution in [1.82, 2.24) is 19.3 Å². The van der Waals surface area contributed by atoms with Gasteiger partial charge in [-0.3, -0.25) is 9.36 Å². The average Bonchev–Trinajstić information content (AvgIpc) is 3.50. The van der Waals surface area contributed by atoms with Gasteiger partial charge >= 0.3 is 5.97 Å². The highest BCUT2D eigenvalue weighted by Crippen LogP contribution is 2.24. The van der Waals surface area contributed by atoms with Gasteiger partial charge in [-0.1, -0.05) is 17.7 Å². The van der Waals surface area contributed by atoms with Gasteiger partial charge in [-0.05, 0) is 62.4 Å². The molecule has 0 atom stereocenters. The number of ether oxygens (including phenoxy) is 1. The van der Waals surface area contributed by atoms with Gasteiger partial charge in [0, 0.05) is 0 Å². The Morgan fingerprint density at radius 3 is 2.42 bits per heavy atom. The van der Waals surface area contributed by atoms with E-state index < -0.39 is 5.97 Å². The second-order valence-corrected chi connectivity index (χ2v) is 7.45. The molecule has 3 heterocycles. The number of aromatic nitrogens is 4. The summed E-state index contributed by atoms with van der Waals surface area (Å²) in [5.74, 6) is 0.339. The zero-order valence-corrected chi connectivity index (χ0v) is 18.1. The lowest BCUT2D eigenvalue weighted by Crippen LogP contribution is -2.22. The van der Waals surface area contributed by atoms with Crippen molar-refractivity contribution in [2.45, 2.75) is 13.8 Å². The largest absolute Gasteiger partial charge is 0.462 e. The number of benzene rings is 2. The summed E-state index contributed by atoms with van der Waals surface area (Å²) in [5.41, 5.74) is 2.98. The van der Waals surface area contributed by atoms with Crippen molar-refractivity contribution < 1.29 is 13.9 Å². The Morgan fingerprint density at radius 2 is 1.76 bits per heavy atom. The molecule has 0 radical (unpaired) electrons. The molecular weight excluding hydrogens is 420 g/mol. The number of aryl methyl sites for hydroxylation is 1. The first-order valence-electron chi connectivity index (χ1n) is 10.5. The molecule has 8 heteroatoms. The Hall–Kier alpha value is -4.46. The van der Waals surface area contributed by atoms with Gasteiger partial charge in [-0.2, -0.15) is 5.10 Å². The molecule has 0 unspecified atom stereocenters. The molecule has 2 aromatic carbocycles. The highest BCUT2D eigenvalue weighted by atomic mass is 16.5. The third kappa shape index (κ3) is 3.61. The van der Waals surface area contributed by atoms with Gasteiger partial charge in [-0.15, -0.1) is 0 Å². The van der Waals surface area contributed by atoms with Gasteiger partial charge in [0.1, 0.15) is 5.39 Å². The lowest BCUT2D eigenvalue weighted by Gasteiger charge is -2.12. The molecule has 164 valence electrons. The van der Waals surface area contributed by atoms with E-state index in [1.807, 2.05) is 31.2 Å². The second-order valence-electron chi connectivity index (χ2n) is 7.45. The third-order valence-corrected chi connectivity index (χ3v) is 5.26. The van der Waals surface area contributed by atoms with Crippen molar-refractivity contribution >= 4 is 17.0 Å². The van der Waals surface area contributed by atoms with Crippen LogP contribution in [0.4, 0.5) is 0 Å². The van der Waals surface area contributed by atoms with E-state index in [2.05, 4.69) is 5.10 Å². The maximum Gasteiger partial charge on any atom is 0.338 e. The van der Waals surface area contributed by atoms with Crippen molar-refractivity contribution in [3.05, 3.63) is 94.6 Å². The van der Waals surface area contributed by atoms with Crippen LogP contribution in [-0.4, -0.2) is 31.9 Å². The van der Waals surface area contributed by atoms with Gasteiger partial charge in [0.15, 0.2) is 17.2 Å². The summed E-state index contributed by atoms with van der Waals surface area (Å²) >= 11 is 0. The monoisotopic (exact) mass is 440 g/mol. The van der Waals surface area contributed by atoms with Crippen LogP contribution in [0.25, 0.3) is 34.0 Å². The Balaban J connectivity index is 1.71. The Bertz CT molecular complexity index is 1500. The van der Waals surface area contributed by atoms with E-state index in [9.17, 15) is 9.59 Å². The molecule has 0 spiro atoms. The normalized spacial score (nSPS) is 11.1. The number of carbonyl (C=O) groups excluding carboxylic acids is 1. The minimum Gasteiger partial charge on any atom is -0.462 e. The molecule has 0 aliphatic heterocycles. The zero-order chi connectivity index (χ0) is 22.9. The first-order chi connectivity index (χ1) is 16.1. The number of fused-ring (bicyclic) bond motifs is 1. The van der Waals surface area contributed by atoms with Crippen LogP contribution in [0, 0.1) is 6.92 Å². The fourth-order valence-corrected chi connectivity index (χ4v) is 3.61. The Morgan fingerprint density at radius 1 is 1.03 bits per heavy atom. The van der Waals surface area contributed by atoms with E-state index in [-0.39, 0.29) is 12.2 Å². The molecule has 8 nitrogen and oxygen atoms in total. The summed E-state index contributed by atoms with van der Waals surface area (Å²) in [5, 5.41) is 4.78. The number of carbonyl (C=O) groups is 1. The number of furan rings is 1. The maximum absolute atomic E-state index is 13.6. The molecule has 33 heavy (non-hydrogen) atoms. The number of nitrogens with zero attached hydrogens (tertiary/aromatic N) is 4. The summed E-state index contributed by atoms with van der Waals surface area (Å²) < 4.78 is 13.7. The highest BCUT2D eigenvalue weighted by Gasteiger charge is 2.20. The summed E-state index contributed by atoms with van der Waals surface area (Å²) in [6, 6.07) is 17.9. The number of esters is 1. The van der Waals surface area contributed by atoms with E-state index in [0.717, 1.165) is 11.3 Å². The minimum atomic E-state index is -0.421. The molecule has 0 bridgehead atoms. The van der Waals surface area contributed by atoms with Crippen molar-refractivity contribution in [1.29, 1.82) is 0 Å². The van der Waals surface area contributed by atoms with Crippen LogP contribution in [0.1, 0.15) is 22.8 Å². The molecule has 0 N–H and O–H groups in total. The van der Waals surface area contributed by atoms with Crippen LogP contribution in [0.2, 0.25) is 0 Å². The molecule has 5 rings (SSSR count). The lowest BCUT2D eigenvalue weighted by molar-refractivity contribution is 0.0526. The Kier molecular flexibility index (Phi) is 5.10. The first-order valence-corrected chi connectivity index (χ1v) is 10.5. The summed E-state index contributed by atoms with van der Waals surface area (Å²) in [7, 11) is 0. The van der Waals surface area contributed by atoms with Crippen LogP contribution < -0.4 is 5.56 Å². The van der Waals surface area contributed by atoms with E-state index in [1.165, 1.54) is 17.0 Å². The molecule has 0 amide bonds. The van der Waals surface area contributed by atoms with E-state index >= 15 is 0 Å². The van der Waals surface area contributed by atoms with Crippen molar-refractivity contribution in [3.63, 3.8) is 0 Å². The van der Waals surface area contributed by atoms with Crippen LogP contribution >= 0.6 is 0 Å². The molecule has 0 fully saturated rings. The quantitative estimate of drug-likeness (QED) is 0.378. The van der Waals surface area contributed by atoms with Crippen LogP contribution in [-0.2, 0) is 4.74 Å². The topological polar surface area (TPSA) is 92.2 Å². The number of rotatable bonds is 5. The van der Waals surface area contributed by atoms with E-state index in [4.69, 9.17) is 14.1 Å². The molecule has 3 aromatic heterocycles. The van der Waals surface area contributed by atoms with E-state index in [1.54, 1.807) is 48.0 Å². The summed E-state index contributed by atoms with van der Waals surface area (Å²) in [6.07, 6.45) is 3.04. The van der Waals surface area contributed by atoms with Crippen molar-refractivity contribution in [2.75, 3.05) is 6.61 Å². The standard InChI is InChI=1S/C25H20N4O4/c1-3-32-25(31)17-8-12-18(13-9-17)28-23(21-5-4-14-33-21)27-22-20(24(28)30)15-26-29(22)19-10-6-16(2)7-11-19/h4-15H,3H2,1-2H3. The van der Waals surface area contributed by atoms with Crippen molar-refractivity contribution in [2.24, 2.45) is 0 Å². The number of hydrogen-bond donors (Lipinski definition) is 0. The van der Waals surface area contributed by atoms with Crippen LogP contribution in [0.3, 0.4) is 0 Å².